The first kappa shape index (κ1) is 19.9. The Labute approximate surface area is 157 Å². The second kappa shape index (κ2) is 9.31. The lowest BCUT2D eigenvalue weighted by molar-refractivity contribution is -0.862. The quantitative estimate of drug-likeness (QED) is 0.691. The lowest BCUT2D eigenvalue weighted by Crippen LogP contribution is -3.11. The molecule has 5 nitrogen and oxygen atoms in total. The molecule has 0 heterocycles. The Kier molecular flexibility index (Phi) is 7.12. The molecule has 0 aromatic heterocycles. The van der Waals surface area contributed by atoms with Crippen molar-refractivity contribution in [2.75, 3.05) is 30.8 Å². The predicted octanol–water partition coefficient (Wildman–Crippen LogP) is 2.13. The van der Waals surface area contributed by atoms with E-state index in [1.54, 1.807) is 7.05 Å². The number of halogens is 2. The molecular weight excluding hydrogens is 357 g/mol. The number of para-hydroxylation sites is 1. The van der Waals surface area contributed by atoms with Crippen LogP contribution in [0.3, 0.4) is 0 Å². The number of hydrogen-bond acceptors (Lipinski definition) is 2. The molecule has 26 heavy (non-hydrogen) atoms. The van der Waals surface area contributed by atoms with Crippen LogP contribution < -0.4 is 15.5 Å². The monoisotopic (exact) mass is 378 g/mol. The van der Waals surface area contributed by atoms with E-state index >= 15 is 0 Å². The van der Waals surface area contributed by atoms with E-state index in [9.17, 15) is 14.0 Å². The van der Waals surface area contributed by atoms with Crippen LogP contribution in [0.5, 0.6) is 0 Å². The minimum absolute atomic E-state index is 0.0799. The maximum Gasteiger partial charge on any atom is 0.279 e. The van der Waals surface area contributed by atoms with Gasteiger partial charge in [0.25, 0.3) is 11.8 Å². The zero-order chi connectivity index (χ0) is 19.1. The van der Waals surface area contributed by atoms with Crippen molar-refractivity contribution >= 4 is 34.8 Å². The van der Waals surface area contributed by atoms with E-state index in [0.29, 0.717) is 10.6 Å². The standard InChI is InChI=1S/C19H21ClFN3O2/c1-3-13-6-4-5-7-16(13)22-18(25)11-24(2)12-19(26)23-17-9-8-14(21)10-15(17)20/h4-10H,3,11-12H2,1-2H3,(H,22,25)(H,23,26)/p+1. The molecule has 0 fully saturated rings. The minimum Gasteiger partial charge on any atom is -0.322 e. The van der Waals surface area contributed by atoms with Gasteiger partial charge in [0.05, 0.1) is 17.8 Å². The van der Waals surface area contributed by atoms with E-state index in [0.717, 1.165) is 23.7 Å². The zero-order valence-electron chi connectivity index (χ0n) is 14.7. The summed E-state index contributed by atoms with van der Waals surface area (Å²) < 4.78 is 13.0. The number of hydrogen-bond donors (Lipinski definition) is 3. The number of benzene rings is 2. The Morgan fingerprint density at radius 3 is 2.27 bits per heavy atom. The summed E-state index contributed by atoms with van der Waals surface area (Å²) in [5.41, 5.74) is 2.18. The summed E-state index contributed by atoms with van der Waals surface area (Å²) >= 11 is 5.89. The third-order valence-electron chi connectivity index (χ3n) is 3.80. The van der Waals surface area contributed by atoms with Crippen molar-refractivity contribution in [2.24, 2.45) is 0 Å². The Morgan fingerprint density at radius 1 is 1.04 bits per heavy atom. The van der Waals surface area contributed by atoms with Crippen LogP contribution in [-0.2, 0) is 16.0 Å². The normalized spacial score (nSPS) is 11.7. The smallest absolute Gasteiger partial charge is 0.279 e. The van der Waals surface area contributed by atoms with Gasteiger partial charge in [0.15, 0.2) is 13.1 Å². The molecule has 0 bridgehead atoms. The Hall–Kier alpha value is -2.44. The van der Waals surface area contributed by atoms with Gasteiger partial charge >= 0.3 is 0 Å². The molecule has 0 aliphatic heterocycles. The van der Waals surface area contributed by atoms with Gasteiger partial charge in [0.1, 0.15) is 5.82 Å². The molecule has 7 heteroatoms. The number of anilines is 2. The summed E-state index contributed by atoms with van der Waals surface area (Å²) in [4.78, 5) is 25.0. The van der Waals surface area contributed by atoms with Gasteiger partial charge in [0.2, 0.25) is 0 Å². The molecule has 0 radical (unpaired) electrons. The fourth-order valence-corrected chi connectivity index (χ4v) is 2.76. The average molecular weight is 379 g/mol. The van der Waals surface area contributed by atoms with Gasteiger partial charge in [-0.15, -0.1) is 0 Å². The SMILES string of the molecule is CCc1ccccc1NC(=O)C[NH+](C)CC(=O)Nc1ccc(F)cc1Cl. The number of carbonyl (C=O) groups excluding carboxylic acids is 2. The zero-order valence-corrected chi connectivity index (χ0v) is 15.5. The van der Waals surface area contributed by atoms with Crippen LogP contribution in [-0.4, -0.2) is 32.0 Å². The molecule has 0 aliphatic carbocycles. The van der Waals surface area contributed by atoms with Crippen molar-refractivity contribution in [3.05, 3.63) is 58.9 Å². The highest BCUT2D eigenvalue weighted by atomic mass is 35.5. The average Bonchev–Trinajstić information content (AvgIpc) is 2.57. The highest BCUT2D eigenvalue weighted by Crippen LogP contribution is 2.22. The lowest BCUT2D eigenvalue weighted by atomic mass is 10.1. The van der Waals surface area contributed by atoms with E-state index in [1.165, 1.54) is 12.1 Å². The van der Waals surface area contributed by atoms with E-state index < -0.39 is 5.82 Å². The number of likely N-dealkylation sites (N-methyl/N-ethyl adjacent to an activating group) is 1. The molecular formula is C19H22ClFN3O2+. The van der Waals surface area contributed by atoms with Gasteiger partial charge in [0, 0.05) is 5.69 Å². The van der Waals surface area contributed by atoms with Gasteiger partial charge < -0.3 is 15.5 Å². The van der Waals surface area contributed by atoms with Crippen molar-refractivity contribution in [1.29, 1.82) is 0 Å². The number of carbonyl (C=O) groups is 2. The molecule has 2 amide bonds. The third-order valence-corrected chi connectivity index (χ3v) is 4.11. The van der Waals surface area contributed by atoms with Crippen LogP contribution in [0.15, 0.2) is 42.5 Å². The summed E-state index contributed by atoms with van der Waals surface area (Å²) in [6, 6.07) is 11.4. The van der Waals surface area contributed by atoms with Crippen LogP contribution in [0.1, 0.15) is 12.5 Å². The van der Waals surface area contributed by atoms with E-state index in [2.05, 4.69) is 10.6 Å². The summed E-state index contributed by atoms with van der Waals surface area (Å²) in [6.07, 6.45) is 0.819. The maximum absolute atomic E-state index is 13.0. The van der Waals surface area contributed by atoms with E-state index in [-0.39, 0.29) is 29.9 Å². The van der Waals surface area contributed by atoms with Crippen LogP contribution in [0.4, 0.5) is 15.8 Å². The highest BCUT2D eigenvalue weighted by Gasteiger charge is 2.16. The van der Waals surface area contributed by atoms with E-state index in [1.807, 2.05) is 31.2 Å². The molecule has 0 aliphatic rings. The van der Waals surface area contributed by atoms with Crippen LogP contribution >= 0.6 is 11.6 Å². The van der Waals surface area contributed by atoms with E-state index in [4.69, 9.17) is 11.6 Å². The molecule has 2 aromatic rings. The minimum atomic E-state index is -0.472. The van der Waals surface area contributed by atoms with Crippen molar-refractivity contribution in [1.82, 2.24) is 0 Å². The van der Waals surface area contributed by atoms with Crippen molar-refractivity contribution in [2.45, 2.75) is 13.3 Å². The third kappa shape index (κ3) is 5.82. The molecule has 1 unspecified atom stereocenters. The van der Waals surface area contributed by atoms with Crippen molar-refractivity contribution in [3.63, 3.8) is 0 Å². The van der Waals surface area contributed by atoms with Gasteiger partial charge in [-0.2, -0.15) is 0 Å². The molecule has 0 saturated heterocycles. The van der Waals surface area contributed by atoms with Gasteiger partial charge in [-0.3, -0.25) is 9.59 Å². The van der Waals surface area contributed by atoms with Crippen LogP contribution in [0, 0.1) is 5.82 Å². The molecule has 0 saturated carbocycles. The molecule has 2 aromatic carbocycles. The summed E-state index contributed by atoms with van der Waals surface area (Å²) in [7, 11) is 1.75. The van der Waals surface area contributed by atoms with Crippen molar-refractivity contribution < 1.29 is 18.9 Å². The second-order valence-corrected chi connectivity index (χ2v) is 6.45. The molecule has 0 spiro atoms. The lowest BCUT2D eigenvalue weighted by Gasteiger charge is -2.15. The van der Waals surface area contributed by atoms with Crippen molar-refractivity contribution in [3.8, 4) is 0 Å². The number of nitrogens with one attached hydrogen (secondary N) is 3. The first-order chi connectivity index (χ1) is 12.4. The number of amides is 2. The van der Waals surface area contributed by atoms with Gasteiger partial charge in [-0.1, -0.05) is 36.7 Å². The number of rotatable bonds is 7. The summed E-state index contributed by atoms with van der Waals surface area (Å²) in [6.45, 7) is 2.24. The topological polar surface area (TPSA) is 62.6 Å². The Balaban J connectivity index is 1.86. The Morgan fingerprint density at radius 2 is 1.65 bits per heavy atom. The maximum atomic E-state index is 13.0. The fraction of sp³-hybridized carbons (Fsp3) is 0.263. The number of aryl methyl sites for hydroxylation is 1. The molecule has 2 rings (SSSR count). The van der Waals surface area contributed by atoms with Gasteiger partial charge in [-0.05, 0) is 36.2 Å². The molecule has 138 valence electrons. The number of quaternary nitrogens is 1. The highest BCUT2D eigenvalue weighted by molar-refractivity contribution is 6.33. The summed E-state index contributed by atoms with van der Waals surface area (Å²) in [5, 5.41) is 5.63. The molecule has 3 N–H and O–H groups in total. The predicted molar refractivity (Wildman–Crippen MR) is 101 cm³/mol. The van der Waals surface area contributed by atoms with Crippen LogP contribution in [0.2, 0.25) is 5.02 Å². The first-order valence-corrected chi connectivity index (χ1v) is 8.70. The fourth-order valence-electron chi connectivity index (χ4n) is 2.54. The summed E-state index contributed by atoms with van der Waals surface area (Å²) in [5.74, 6) is -0.950. The first-order valence-electron chi connectivity index (χ1n) is 8.33. The van der Waals surface area contributed by atoms with Crippen LogP contribution in [0.25, 0.3) is 0 Å². The van der Waals surface area contributed by atoms with Gasteiger partial charge in [-0.25, -0.2) is 4.39 Å². The molecule has 1 atom stereocenters. The Bertz CT molecular complexity index is 798. The largest absolute Gasteiger partial charge is 0.322 e. The second-order valence-electron chi connectivity index (χ2n) is 6.04.